The number of hydrogen-bond acceptors (Lipinski definition) is 4. The van der Waals surface area contributed by atoms with Crippen LogP contribution in [0, 0.1) is 6.92 Å². The number of methoxy groups -OCH3 is 1. The van der Waals surface area contributed by atoms with Gasteiger partial charge in [-0.25, -0.2) is 0 Å². The van der Waals surface area contributed by atoms with Gasteiger partial charge >= 0.3 is 0 Å². The van der Waals surface area contributed by atoms with Gasteiger partial charge in [0.2, 0.25) is 5.91 Å². The summed E-state index contributed by atoms with van der Waals surface area (Å²) in [5.41, 5.74) is 4.47. The fourth-order valence-electron chi connectivity index (χ4n) is 3.70. The molecule has 5 nitrogen and oxygen atoms in total. The molecule has 0 bridgehead atoms. The van der Waals surface area contributed by atoms with Crippen molar-refractivity contribution in [1.82, 2.24) is 5.32 Å². The zero-order valence-corrected chi connectivity index (χ0v) is 18.0. The minimum absolute atomic E-state index is 0.0358. The van der Waals surface area contributed by atoms with Gasteiger partial charge in [0.05, 0.1) is 13.2 Å². The number of rotatable bonds is 7. The Morgan fingerprint density at radius 1 is 1.07 bits per heavy atom. The minimum Gasteiger partial charge on any atom is -0.496 e. The lowest BCUT2D eigenvalue weighted by atomic mass is 9.93. The van der Waals surface area contributed by atoms with Crippen LogP contribution in [0.4, 0.5) is 0 Å². The van der Waals surface area contributed by atoms with E-state index >= 15 is 0 Å². The van der Waals surface area contributed by atoms with Crippen LogP contribution in [0.2, 0.25) is 0 Å². The SMILES string of the molecule is COc1cc(C)c(C(C)NC(=O)CCc2ccc3c(c2)OCCO3)cc1C(C)C. The molecule has 0 fully saturated rings. The lowest BCUT2D eigenvalue weighted by molar-refractivity contribution is -0.121. The molecule has 0 aliphatic carbocycles. The van der Waals surface area contributed by atoms with Crippen LogP contribution >= 0.6 is 0 Å². The summed E-state index contributed by atoms with van der Waals surface area (Å²) in [5.74, 6) is 2.82. The second-order valence-electron chi connectivity index (χ2n) is 7.87. The number of amides is 1. The lowest BCUT2D eigenvalue weighted by Crippen LogP contribution is -2.27. The summed E-state index contributed by atoms with van der Waals surface area (Å²) in [5, 5.41) is 3.14. The first kappa shape index (κ1) is 21.0. The Balaban J connectivity index is 1.63. The normalized spacial score (nSPS) is 13.9. The highest BCUT2D eigenvalue weighted by molar-refractivity contribution is 5.76. The molecular weight excluding hydrogens is 366 g/mol. The van der Waals surface area contributed by atoms with Crippen LogP contribution < -0.4 is 19.5 Å². The first-order valence-electron chi connectivity index (χ1n) is 10.3. The molecular formula is C24H31NO4. The summed E-state index contributed by atoms with van der Waals surface area (Å²) in [6, 6.07) is 10.0. The van der Waals surface area contributed by atoms with E-state index in [1.165, 1.54) is 0 Å². The highest BCUT2D eigenvalue weighted by Crippen LogP contribution is 2.33. The third-order valence-corrected chi connectivity index (χ3v) is 5.33. The predicted octanol–water partition coefficient (Wildman–Crippen LogP) is 4.71. The van der Waals surface area contributed by atoms with E-state index < -0.39 is 0 Å². The number of benzene rings is 2. The summed E-state index contributed by atoms with van der Waals surface area (Å²) >= 11 is 0. The average molecular weight is 398 g/mol. The minimum atomic E-state index is -0.0637. The summed E-state index contributed by atoms with van der Waals surface area (Å²) in [7, 11) is 1.70. The number of aryl methyl sites for hydroxylation is 2. The van der Waals surface area contributed by atoms with E-state index in [2.05, 4.69) is 38.2 Å². The van der Waals surface area contributed by atoms with E-state index in [9.17, 15) is 4.79 Å². The van der Waals surface area contributed by atoms with Crippen molar-refractivity contribution in [2.75, 3.05) is 20.3 Å². The zero-order valence-electron chi connectivity index (χ0n) is 18.0. The van der Waals surface area contributed by atoms with E-state index in [1.54, 1.807) is 7.11 Å². The molecule has 3 rings (SSSR count). The highest BCUT2D eigenvalue weighted by atomic mass is 16.6. The van der Waals surface area contributed by atoms with Crippen molar-refractivity contribution in [2.45, 2.75) is 52.5 Å². The molecule has 0 aromatic heterocycles. The van der Waals surface area contributed by atoms with Crippen molar-refractivity contribution in [3.63, 3.8) is 0 Å². The Labute approximate surface area is 173 Å². The third-order valence-electron chi connectivity index (χ3n) is 5.33. The fourth-order valence-corrected chi connectivity index (χ4v) is 3.70. The third kappa shape index (κ3) is 5.03. The van der Waals surface area contributed by atoms with Gasteiger partial charge < -0.3 is 19.5 Å². The summed E-state index contributed by atoms with van der Waals surface area (Å²) in [4.78, 5) is 12.6. The Morgan fingerprint density at radius 2 is 1.79 bits per heavy atom. The van der Waals surface area contributed by atoms with Crippen LogP contribution in [-0.4, -0.2) is 26.2 Å². The average Bonchev–Trinajstić information content (AvgIpc) is 2.71. The quantitative estimate of drug-likeness (QED) is 0.735. The molecule has 0 radical (unpaired) electrons. The molecule has 1 amide bonds. The van der Waals surface area contributed by atoms with Crippen molar-refractivity contribution in [2.24, 2.45) is 0 Å². The number of hydrogen-bond donors (Lipinski definition) is 1. The number of fused-ring (bicyclic) bond motifs is 1. The Hall–Kier alpha value is -2.69. The lowest BCUT2D eigenvalue weighted by Gasteiger charge is -2.21. The van der Waals surface area contributed by atoms with Gasteiger partial charge in [0.1, 0.15) is 19.0 Å². The molecule has 1 unspecified atom stereocenters. The molecule has 2 aromatic carbocycles. The smallest absolute Gasteiger partial charge is 0.220 e. The molecule has 1 N–H and O–H groups in total. The van der Waals surface area contributed by atoms with Crippen LogP contribution in [0.1, 0.15) is 61.4 Å². The molecule has 1 aliphatic heterocycles. The van der Waals surface area contributed by atoms with E-state index in [4.69, 9.17) is 14.2 Å². The topological polar surface area (TPSA) is 56.8 Å². The summed E-state index contributed by atoms with van der Waals surface area (Å²) in [6.07, 6.45) is 1.09. The molecule has 2 aromatic rings. The Morgan fingerprint density at radius 3 is 2.48 bits per heavy atom. The van der Waals surface area contributed by atoms with Gasteiger partial charge in [-0.3, -0.25) is 4.79 Å². The second kappa shape index (κ2) is 9.21. The first-order valence-corrected chi connectivity index (χ1v) is 10.3. The molecule has 29 heavy (non-hydrogen) atoms. The molecule has 0 spiro atoms. The van der Waals surface area contributed by atoms with Gasteiger partial charge in [0.15, 0.2) is 11.5 Å². The molecule has 1 heterocycles. The predicted molar refractivity (Wildman–Crippen MR) is 114 cm³/mol. The van der Waals surface area contributed by atoms with Gasteiger partial charge in [-0.15, -0.1) is 0 Å². The molecule has 156 valence electrons. The number of carbonyl (C=O) groups is 1. The summed E-state index contributed by atoms with van der Waals surface area (Å²) < 4.78 is 16.7. The largest absolute Gasteiger partial charge is 0.496 e. The first-order chi connectivity index (χ1) is 13.9. The molecule has 1 aliphatic rings. The molecule has 5 heteroatoms. The number of ether oxygens (including phenoxy) is 3. The van der Waals surface area contributed by atoms with Gasteiger partial charge in [0.25, 0.3) is 0 Å². The van der Waals surface area contributed by atoms with Crippen LogP contribution in [0.5, 0.6) is 17.2 Å². The molecule has 0 saturated heterocycles. The fraction of sp³-hybridized carbons (Fsp3) is 0.458. The van der Waals surface area contributed by atoms with Crippen LogP contribution in [-0.2, 0) is 11.2 Å². The van der Waals surface area contributed by atoms with Crippen LogP contribution in [0.3, 0.4) is 0 Å². The Bertz CT molecular complexity index is 875. The molecule has 1 atom stereocenters. The maximum atomic E-state index is 12.6. The number of nitrogens with one attached hydrogen (secondary N) is 1. The Kier molecular flexibility index (Phi) is 6.68. The summed E-state index contributed by atoms with van der Waals surface area (Å²) in [6.45, 7) is 9.52. The van der Waals surface area contributed by atoms with E-state index in [0.717, 1.165) is 39.5 Å². The monoisotopic (exact) mass is 397 g/mol. The van der Waals surface area contributed by atoms with Crippen LogP contribution in [0.15, 0.2) is 30.3 Å². The van der Waals surface area contributed by atoms with Crippen molar-refractivity contribution < 1.29 is 19.0 Å². The van der Waals surface area contributed by atoms with E-state index in [-0.39, 0.29) is 11.9 Å². The standard InChI is InChI=1S/C24H31NO4/c1-15(2)19-14-20(16(3)12-22(19)27-5)17(4)25-24(26)9-7-18-6-8-21-23(13-18)29-11-10-28-21/h6,8,12-15,17H,7,9-11H2,1-5H3,(H,25,26). The molecule has 0 saturated carbocycles. The maximum absolute atomic E-state index is 12.6. The van der Waals surface area contributed by atoms with Gasteiger partial charge in [-0.2, -0.15) is 0 Å². The second-order valence-corrected chi connectivity index (χ2v) is 7.87. The van der Waals surface area contributed by atoms with Crippen molar-refractivity contribution in [3.05, 3.63) is 52.6 Å². The van der Waals surface area contributed by atoms with E-state index in [0.29, 0.717) is 32.0 Å². The number of carbonyl (C=O) groups excluding carboxylic acids is 1. The van der Waals surface area contributed by atoms with Gasteiger partial charge in [-0.05, 0) is 72.7 Å². The van der Waals surface area contributed by atoms with Gasteiger partial charge in [0, 0.05) is 6.42 Å². The van der Waals surface area contributed by atoms with E-state index in [1.807, 2.05) is 25.1 Å². The zero-order chi connectivity index (χ0) is 21.0. The maximum Gasteiger partial charge on any atom is 0.220 e. The highest BCUT2D eigenvalue weighted by Gasteiger charge is 2.17. The van der Waals surface area contributed by atoms with Gasteiger partial charge in [-0.1, -0.05) is 19.9 Å². The van der Waals surface area contributed by atoms with Crippen molar-refractivity contribution in [3.8, 4) is 17.2 Å². The van der Waals surface area contributed by atoms with Crippen molar-refractivity contribution >= 4 is 5.91 Å². The van der Waals surface area contributed by atoms with Crippen molar-refractivity contribution in [1.29, 1.82) is 0 Å². The van der Waals surface area contributed by atoms with Crippen LogP contribution in [0.25, 0.3) is 0 Å².